The molecule has 2 aliphatic heterocycles. The summed E-state index contributed by atoms with van der Waals surface area (Å²) >= 11 is 0. The van der Waals surface area contributed by atoms with Gasteiger partial charge >= 0.3 is 0 Å². The van der Waals surface area contributed by atoms with Gasteiger partial charge in [0.15, 0.2) is 0 Å². The van der Waals surface area contributed by atoms with Crippen LogP contribution in [0, 0.1) is 0 Å². The Hall–Kier alpha value is -0.520. The van der Waals surface area contributed by atoms with Crippen LogP contribution in [0.1, 0.15) is 0 Å². The van der Waals surface area contributed by atoms with Gasteiger partial charge in [0.05, 0.1) is 6.54 Å². The topological polar surface area (TPSA) is 18.5 Å². The summed E-state index contributed by atoms with van der Waals surface area (Å²) in [6.07, 6.45) is 0.0638. The average molecular weight is 231 g/mol. The van der Waals surface area contributed by atoms with E-state index in [1.807, 2.05) is 4.90 Å². The Labute approximate surface area is 95.1 Å². The summed E-state index contributed by atoms with van der Waals surface area (Å²) in [4.78, 5) is 4.17. The maximum Gasteiger partial charge on any atom is 0.251 e. The van der Waals surface area contributed by atoms with Gasteiger partial charge in [-0.3, -0.25) is 9.80 Å². The van der Waals surface area contributed by atoms with Crippen LogP contribution >= 0.6 is 0 Å². The van der Waals surface area contributed by atoms with Crippen molar-refractivity contribution in [2.45, 2.75) is 6.43 Å². The summed E-state index contributed by atoms with van der Waals surface area (Å²) in [5.41, 5.74) is 1.47. The number of nitrogens with zero attached hydrogens (tertiary/aromatic N) is 2. The zero-order valence-electron chi connectivity index (χ0n) is 9.46. The molecule has 5 heteroatoms. The van der Waals surface area contributed by atoms with Gasteiger partial charge in [-0.2, -0.15) is 0 Å². The molecule has 0 aromatic rings. The lowest BCUT2D eigenvalue weighted by molar-refractivity contribution is 0.0591. The Kier molecular flexibility index (Phi) is 4.26. The molecule has 3 nitrogen and oxygen atoms in total. The molecular weight excluding hydrogens is 212 g/mol. The molecule has 0 aromatic carbocycles. The smallest absolute Gasteiger partial charge is 0.251 e. The van der Waals surface area contributed by atoms with E-state index in [0.29, 0.717) is 0 Å². The van der Waals surface area contributed by atoms with Crippen LogP contribution in [0.4, 0.5) is 8.78 Å². The summed E-state index contributed by atoms with van der Waals surface area (Å²) in [5, 5.41) is 3.20. The van der Waals surface area contributed by atoms with Gasteiger partial charge in [-0.15, -0.1) is 0 Å². The molecule has 2 rings (SSSR count). The van der Waals surface area contributed by atoms with Gasteiger partial charge in [0.2, 0.25) is 0 Å². The predicted octanol–water partition coefficient (Wildman–Crippen LogP) is 0.399. The minimum Gasteiger partial charge on any atom is -0.309 e. The van der Waals surface area contributed by atoms with Crippen molar-refractivity contribution >= 4 is 0 Å². The second kappa shape index (κ2) is 5.70. The zero-order valence-corrected chi connectivity index (χ0v) is 9.46. The molecule has 2 heterocycles. The number of alkyl halides is 2. The van der Waals surface area contributed by atoms with Crippen LogP contribution < -0.4 is 5.32 Å². The molecule has 1 N–H and O–H groups in total. The van der Waals surface area contributed by atoms with Crippen molar-refractivity contribution in [2.24, 2.45) is 0 Å². The fourth-order valence-corrected chi connectivity index (χ4v) is 2.02. The van der Waals surface area contributed by atoms with Crippen LogP contribution in [0.5, 0.6) is 0 Å². The molecule has 92 valence electrons. The lowest BCUT2D eigenvalue weighted by Gasteiger charge is -2.34. The summed E-state index contributed by atoms with van der Waals surface area (Å²) < 4.78 is 24.3. The molecule has 0 aromatic heterocycles. The van der Waals surface area contributed by atoms with Crippen molar-refractivity contribution in [2.75, 3.05) is 52.4 Å². The summed E-state index contributed by atoms with van der Waals surface area (Å²) in [7, 11) is 0. The fourth-order valence-electron chi connectivity index (χ4n) is 2.02. The maximum absolute atomic E-state index is 12.2. The third-order valence-corrected chi connectivity index (χ3v) is 3.20. The zero-order chi connectivity index (χ0) is 11.4. The number of hydrogen-bond donors (Lipinski definition) is 1. The largest absolute Gasteiger partial charge is 0.309 e. The Morgan fingerprint density at radius 3 is 2.25 bits per heavy atom. The number of halogens is 2. The normalized spacial score (nSPS) is 23.6. The van der Waals surface area contributed by atoms with Crippen LogP contribution in [0.2, 0.25) is 0 Å². The standard InChI is InChI=1S/C11H19F2N3/c12-11(13)9-16-5-3-15(4-6-16)2-1-10-7-14-8-10/h1,11,14H,2-9H2. The average Bonchev–Trinajstić information content (AvgIpc) is 2.17. The second-order valence-corrected chi connectivity index (χ2v) is 4.46. The van der Waals surface area contributed by atoms with Crippen LogP contribution in [-0.2, 0) is 0 Å². The van der Waals surface area contributed by atoms with Crippen LogP contribution in [0.25, 0.3) is 0 Å². The first-order valence-corrected chi connectivity index (χ1v) is 5.85. The molecule has 0 amide bonds. The molecule has 0 unspecified atom stereocenters. The van der Waals surface area contributed by atoms with Crippen molar-refractivity contribution in [3.8, 4) is 0 Å². The van der Waals surface area contributed by atoms with Gasteiger partial charge in [0.1, 0.15) is 0 Å². The first kappa shape index (κ1) is 12.0. The lowest BCUT2D eigenvalue weighted by Crippen LogP contribution is -2.47. The van der Waals surface area contributed by atoms with Gasteiger partial charge in [-0.05, 0) is 5.57 Å². The Morgan fingerprint density at radius 2 is 1.75 bits per heavy atom. The van der Waals surface area contributed by atoms with E-state index in [1.165, 1.54) is 5.57 Å². The fraction of sp³-hybridized carbons (Fsp3) is 0.818. The monoisotopic (exact) mass is 231 g/mol. The highest BCUT2D eigenvalue weighted by atomic mass is 19.3. The summed E-state index contributed by atoms with van der Waals surface area (Å²) in [6.45, 7) is 6.29. The van der Waals surface area contributed by atoms with E-state index in [0.717, 1.165) is 45.8 Å². The van der Waals surface area contributed by atoms with Crippen LogP contribution in [0.3, 0.4) is 0 Å². The molecule has 0 spiro atoms. The second-order valence-electron chi connectivity index (χ2n) is 4.46. The Balaban J connectivity index is 1.64. The Morgan fingerprint density at radius 1 is 1.12 bits per heavy atom. The van der Waals surface area contributed by atoms with Crippen LogP contribution in [-0.4, -0.2) is 68.6 Å². The maximum atomic E-state index is 12.2. The number of piperazine rings is 1. The van der Waals surface area contributed by atoms with E-state index in [-0.39, 0.29) is 6.54 Å². The quantitative estimate of drug-likeness (QED) is 0.707. The van der Waals surface area contributed by atoms with Gasteiger partial charge in [0, 0.05) is 45.8 Å². The molecule has 0 aliphatic carbocycles. The van der Waals surface area contributed by atoms with E-state index in [2.05, 4.69) is 16.3 Å². The van der Waals surface area contributed by atoms with E-state index in [9.17, 15) is 8.78 Å². The van der Waals surface area contributed by atoms with Gasteiger partial charge in [0.25, 0.3) is 6.43 Å². The van der Waals surface area contributed by atoms with E-state index >= 15 is 0 Å². The van der Waals surface area contributed by atoms with Gasteiger partial charge in [-0.1, -0.05) is 6.08 Å². The molecule has 0 radical (unpaired) electrons. The third-order valence-electron chi connectivity index (χ3n) is 3.20. The molecule has 2 fully saturated rings. The van der Waals surface area contributed by atoms with Crippen molar-refractivity contribution in [1.82, 2.24) is 15.1 Å². The first-order valence-electron chi connectivity index (χ1n) is 5.85. The molecular formula is C11H19F2N3. The minimum atomic E-state index is -2.20. The van der Waals surface area contributed by atoms with Crippen molar-refractivity contribution in [3.63, 3.8) is 0 Å². The molecule has 0 saturated carbocycles. The van der Waals surface area contributed by atoms with E-state index in [1.54, 1.807) is 0 Å². The first-order chi connectivity index (χ1) is 7.74. The lowest BCUT2D eigenvalue weighted by atomic mass is 10.1. The molecule has 0 bridgehead atoms. The molecule has 0 atom stereocenters. The van der Waals surface area contributed by atoms with Gasteiger partial charge in [-0.25, -0.2) is 8.78 Å². The number of nitrogens with one attached hydrogen (secondary N) is 1. The summed E-state index contributed by atoms with van der Waals surface area (Å²) in [5.74, 6) is 0. The molecule has 16 heavy (non-hydrogen) atoms. The number of hydrogen-bond acceptors (Lipinski definition) is 3. The predicted molar refractivity (Wildman–Crippen MR) is 59.8 cm³/mol. The van der Waals surface area contributed by atoms with Crippen molar-refractivity contribution < 1.29 is 8.78 Å². The Bertz CT molecular complexity index is 242. The van der Waals surface area contributed by atoms with Crippen molar-refractivity contribution in [3.05, 3.63) is 11.6 Å². The highest BCUT2D eigenvalue weighted by Crippen LogP contribution is 2.06. The van der Waals surface area contributed by atoms with E-state index < -0.39 is 6.43 Å². The highest BCUT2D eigenvalue weighted by Gasteiger charge is 2.19. The van der Waals surface area contributed by atoms with Gasteiger partial charge < -0.3 is 5.32 Å². The third kappa shape index (κ3) is 3.50. The van der Waals surface area contributed by atoms with Crippen molar-refractivity contribution in [1.29, 1.82) is 0 Å². The van der Waals surface area contributed by atoms with E-state index in [4.69, 9.17) is 0 Å². The molecule has 2 aliphatic rings. The summed E-state index contributed by atoms with van der Waals surface area (Å²) in [6, 6.07) is 0. The number of rotatable bonds is 4. The SMILES string of the molecule is FC(F)CN1CCN(CC=C2CNC2)CC1. The highest BCUT2D eigenvalue weighted by molar-refractivity contribution is 5.14. The molecule has 2 saturated heterocycles. The van der Waals surface area contributed by atoms with Crippen LogP contribution in [0.15, 0.2) is 11.6 Å². The minimum absolute atomic E-state index is 0.0706.